The first kappa shape index (κ1) is 22.7. The molecule has 0 bridgehead atoms. The van der Waals surface area contributed by atoms with Crippen molar-refractivity contribution < 1.29 is 24.2 Å². The molecule has 5 rings (SSSR count). The van der Waals surface area contributed by atoms with Gasteiger partial charge in [0.05, 0.1) is 0 Å². The van der Waals surface area contributed by atoms with Crippen molar-refractivity contribution in [1.82, 2.24) is 5.32 Å². The summed E-state index contributed by atoms with van der Waals surface area (Å²) in [5.74, 6) is -1.23. The zero-order valence-corrected chi connectivity index (χ0v) is 19.1. The number of anilines is 1. The van der Waals surface area contributed by atoms with Crippen LogP contribution in [0.25, 0.3) is 11.1 Å². The Balaban J connectivity index is 1.20. The Morgan fingerprint density at radius 3 is 2.20 bits per heavy atom. The van der Waals surface area contributed by atoms with E-state index in [4.69, 9.17) is 9.84 Å². The average Bonchev–Trinajstić information content (AvgIpc) is 3.57. The molecule has 2 aliphatic rings. The van der Waals surface area contributed by atoms with Gasteiger partial charge in [-0.1, -0.05) is 60.7 Å². The number of carboxylic acid groups (broad SMARTS) is 1. The van der Waals surface area contributed by atoms with Gasteiger partial charge in [-0.25, -0.2) is 4.79 Å². The van der Waals surface area contributed by atoms with E-state index in [-0.39, 0.29) is 24.9 Å². The highest BCUT2D eigenvalue weighted by Gasteiger charge is 2.51. The van der Waals surface area contributed by atoms with E-state index in [0.29, 0.717) is 24.9 Å². The van der Waals surface area contributed by atoms with E-state index in [1.54, 1.807) is 18.2 Å². The molecule has 2 amide bonds. The number of carboxylic acids is 1. The molecule has 3 aromatic rings. The fourth-order valence-electron chi connectivity index (χ4n) is 4.67. The predicted molar refractivity (Wildman–Crippen MR) is 131 cm³/mol. The summed E-state index contributed by atoms with van der Waals surface area (Å²) < 4.78 is 5.60. The molecule has 0 saturated heterocycles. The Hall–Kier alpha value is -4.13. The van der Waals surface area contributed by atoms with E-state index >= 15 is 0 Å². The summed E-state index contributed by atoms with van der Waals surface area (Å²) in [7, 11) is 0. The number of fused-ring (bicyclic) bond motifs is 3. The number of hydrogen-bond acceptors (Lipinski definition) is 4. The minimum atomic E-state index is -0.986. The molecule has 3 N–H and O–H groups in total. The van der Waals surface area contributed by atoms with E-state index in [2.05, 4.69) is 34.9 Å². The van der Waals surface area contributed by atoms with E-state index < -0.39 is 17.6 Å². The van der Waals surface area contributed by atoms with Crippen LogP contribution in [-0.4, -0.2) is 35.2 Å². The molecule has 7 nitrogen and oxygen atoms in total. The van der Waals surface area contributed by atoms with Crippen LogP contribution in [0.5, 0.6) is 0 Å². The Bertz CT molecular complexity index is 1250. The number of aryl methyl sites for hydroxylation is 1. The second-order valence-corrected chi connectivity index (χ2v) is 9.08. The monoisotopic (exact) mass is 470 g/mol. The summed E-state index contributed by atoms with van der Waals surface area (Å²) in [6.07, 6.45) is 0.839. The van der Waals surface area contributed by atoms with Crippen LogP contribution in [0.1, 0.15) is 41.9 Å². The largest absolute Gasteiger partial charge is 0.481 e. The topological polar surface area (TPSA) is 105 Å². The molecule has 2 aliphatic carbocycles. The van der Waals surface area contributed by atoms with Gasteiger partial charge in [-0.15, -0.1) is 0 Å². The number of nitrogens with one attached hydrogen (secondary N) is 2. The molecule has 0 unspecified atom stereocenters. The number of ether oxygens (including phenoxy) is 1. The number of amides is 2. The number of hydrogen-bond donors (Lipinski definition) is 3. The minimum absolute atomic E-state index is 0.0185. The van der Waals surface area contributed by atoms with Gasteiger partial charge < -0.3 is 20.5 Å². The van der Waals surface area contributed by atoms with Gasteiger partial charge in [-0.2, -0.15) is 0 Å². The van der Waals surface area contributed by atoms with Gasteiger partial charge in [0.15, 0.2) is 0 Å². The van der Waals surface area contributed by atoms with Crippen LogP contribution in [-0.2, 0) is 20.7 Å². The van der Waals surface area contributed by atoms with Gasteiger partial charge in [-0.3, -0.25) is 9.59 Å². The molecule has 0 aliphatic heterocycles. The van der Waals surface area contributed by atoms with E-state index in [1.165, 1.54) is 0 Å². The highest BCUT2D eigenvalue weighted by molar-refractivity contribution is 6.02. The Morgan fingerprint density at radius 2 is 1.57 bits per heavy atom. The van der Waals surface area contributed by atoms with Crippen molar-refractivity contribution in [3.05, 3.63) is 89.5 Å². The third kappa shape index (κ3) is 4.75. The molecule has 1 fully saturated rings. The van der Waals surface area contributed by atoms with Crippen LogP contribution in [0.15, 0.2) is 72.8 Å². The lowest BCUT2D eigenvalue weighted by atomic mass is 9.98. The van der Waals surface area contributed by atoms with Crippen LogP contribution in [0.3, 0.4) is 0 Å². The lowest BCUT2D eigenvalue weighted by Gasteiger charge is -2.19. The fourth-order valence-corrected chi connectivity index (χ4v) is 4.67. The zero-order valence-electron chi connectivity index (χ0n) is 19.1. The van der Waals surface area contributed by atoms with Gasteiger partial charge in [-0.05, 0) is 59.2 Å². The molecular formula is C28H26N2O5. The summed E-state index contributed by atoms with van der Waals surface area (Å²) in [6, 6.07) is 23.3. The van der Waals surface area contributed by atoms with Gasteiger partial charge in [0, 0.05) is 18.0 Å². The standard InChI is InChI=1S/C28H26N2O5/c31-25(32)13-12-18-6-5-7-19(16-18)29-26(33)28(14-15-28)30-27(34)35-17-24-22-10-3-1-8-20(22)21-9-2-4-11-23(21)24/h1-11,16,24H,12-15,17H2,(H,29,33)(H,30,34)(H,31,32). The van der Waals surface area contributed by atoms with Crippen molar-refractivity contribution in [3.8, 4) is 11.1 Å². The third-order valence-corrected chi connectivity index (χ3v) is 6.68. The van der Waals surface area contributed by atoms with Gasteiger partial charge in [0.2, 0.25) is 5.91 Å². The SMILES string of the molecule is O=C(O)CCc1cccc(NC(=O)C2(NC(=O)OCC3c4ccccc4-c4ccccc43)CC2)c1. The smallest absolute Gasteiger partial charge is 0.408 e. The Kier molecular flexibility index (Phi) is 5.99. The minimum Gasteiger partial charge on any atom is -0.481 e. The molecule has 0 heterocycles. The summed E-state index contributed by atoms with van der Waals surface area (Å²) in [4.78, 5) is 36.4. The maximum Gasteiger partial charge on any atom is 0.408 e. The lowest BCUT2D eigenvalue weighted by molar-refractivity contribution is -0.137. The molecule has 0 spiro atoms. The fraction of sp³-hybridized carbons (Fsp3) is 0.250. The highest BCUT2D eigenvalue weighted by Crippen LogP contribution is 2.44. The van der Waals surface area contributed by atoms with Crippen LogP contribution < -0.4 is 10.6 Å². The van der Waals surface area contributed by atoms with Crippen molar-refractivity contribution in [2.24, 2.45) is 0 Å². The number of rotatable bonds is 8. The van der Waals surface area contributed by atoms with Crippen molar-refractivity contribution in [2.75, 3.05) is 11.9 Å². The summed E-state index contributed by atoms with van der Waals surface area (Å²) >= 11 is 0. The zero-order chi connectivity index (χ0) is 24.4. The number of benzene rings is 3. The van der Waals surface area contributed by atoms with Crippen LogP contribution in [0.2, 0.25) is 0 Å². The molecule has 3 aromatic carbocycles. The summed E-state index contributed by atoms with van der Waals surface area (Å²) in [5.41, 5.74) is 4.96. The van der Waals surface area contributed by atoms with Crippen molar-refractivity contribution >= 4 is 23.7 Å². The molecule has 0 radical (unpaired) electrons. The maximum atomic E-state index is 12.9. The van der Waals surface area contributed by atoms with Crippen LogP contribution in [0, 0.1) is 0 Å². The third-order valence-electron chi connectivity index (χ3n) is 6.68. The van der Waals surface area contributed by atoms with Crippen molar-refractivity contribution in [1.29, 1.82) is 0 Å². The molecular weight excluding hydrogens is 444 g/mol. The van der Waals surface area contributed by atoms with Gasteiger partial charge in [0.25, 0.3) is 0 Å². The first-order valence-corrected chi connectivity index (χ1v) is 11.7. The van der Waals surface area contributed by atoms with E-state index in [1.807, 2.05) is 30.3 Å². The Morgan fingerprint density at radius 1 is 0.914 bits per heavy atom. The number of carbonyl (C=O) groups is 3. The second-order valence-electron chi connectivity index (χ2n) is 9.08. The quantitative estimate of drug-likeness (QED) is 0.442. The molecule has 178 valence electrons. The maximum absolute atomic E-state index is 12.9. The van der Waals surface area contributed by atoms with Crippen LogP contribution >= 0.6 is 0 Å². The first-order valence-electron chi connectivity index (χ1n) is 11.7. The summed E-state index contributed by atoms with van der Waals surface area (Å²) in [6.45, 7) is 0.184. The molecule has 0 aromatic heterocycles. The number of alkyl carbamates (subject to hydrolysis) is 1. The van der Waals surface area contributed by atoms with Gasteiger partial charge in [0.1, 0.15) is 12.1 Å². The molecule has 35 heavy (non-hydrogen) atoms. The average molecular weight is 471 g/mol. The predicted octanol–water partition coefficient (Wildman–Crippen LogP) is 4.71. The van der Waals surface area contributed by atoms with Crippen molar-refractivity contribution in [3.63, 3.8) is 0 Å². The second kappa shape index (κ2) is 9.25. The molecule has 7 heteroatoms. The Labute approximate surface area is 203 Å². The molecule has 0 atom stereocenters. The lowest BCUT2D eigenvalue weighted by Crippen LogP contribution is -2.46. The van der Waals surface area contributed by atoms with Crippen molar-refractivity contribution in [2.45, 2.75) is 37.1 Å². The van der Waals surface area contributed by atoms with Gasteiger partial charge >= 0.3 is 12.1 Å². The highest BCUT2D eigenvalue weighted by atomic mass is 16.5. The molecule has 1 saturated carbocycles. The first-order chi connectivity index (χ1) is 16.9. The number of aliphatic carboxylic acids is 1. The van der Waals surface area contributed by atoms with Crippen LogP contribution in [0.4, 0.5) is 10.5 Å². The normalized spacial score (nSPS) is 15.0. The van der Waals surface area contributed by atoms with E-state index in [0.717, 1.165) is 27.8 Å². The number of carbonyl (C=O) groups excluding carboxylic acids is 2. The summed E-state index contributed by atoms with van der Waals surface area (Å²) in [5, 5.41) is 14.5. The van der Waals surface area contributed by atoms with E-state index in [9.17, 15) is 14.4 Å².